The van der Waals surface area contributed by atoms with Crippen LogP contribution < -0.4 is 21.1 Å². The Balaban J connectivity index is 1.45. The number of aromatic nitrogens is 3. The molecule has 0 amide bonds. The minimum Gasteiger partial charge on any atom is -0.494 e. The quantitative estimate of drug-likeness (QED) is 0.363. The molecule has 0 fully saturated rings. The molecule has 8 nitrogen and oxygen atoms in total. The Hall–Kier alpha value is -3.81. The van der Waals surface area contributed by atoms with Gasteiger partial charge in [0.2, 0.25) is 5.95 Å². The number of benzene rings is 2. The largest absolute Gasteiger partial charge is 0.494 e. The molecule has 8 heteroatoms. The van der Waals surface area contributed by atoms with Crippen LogP contribution in [0, 0.1) is 12.8 Å². The molecule has 160 valence electrons. The SMILES string of the molecule is Cc1cnc(Nc2ccc(OCCC(C)C)cc2)nc1Nc1ccc2oc(=O)[nH]c2c1. The lowest BCUT2D eigenvalue weighted by molar-refractivity contribution is 0.289. The van der Waals surface area contributed by atoms with Gasteiger partial charge < -0.3 is 19.8 Å². The van der Waals surface area contributed by atoms with Crippen LogP contribution in [0.15, 0.2) is 57.9 Å². The number of oxazole rings is 1. The molecule has 0 aliphatic rings. The number of rotatable bonds is 8. The van der Waals surface area contributed by atoms with Crippen LogP contribution in [0.25, 0.3) is 11.1 Å². The first-order chi connectivity index (χ1) is 15.0. The highest BCUT2D eigenvalue weighted by atomic mass is 16.5. The van der Waals surface area contributed by atoms with Crippen molar-refractivity contribution in [2.45, 2.75) is 27.2 Å². The van der Waals surface area contributed by atoms with Gasteiger partial charge >= 0.3 is 5.76 Å². The van der Waals surface area contributed by atoms with Crippen molar-refractivity contribution in [1.82, 2.24) is 15.0 Å². The molecule has 31 heavy (non-hydrogen) atoms. The van der Waals surface area contributed by atoms with Crippen LogP contribution in [0.5, 0.6) is 5.75 Å². The van der Waals surface area contributed by atoms with E-state index in [1.807, 2.05) is 37.3 Å². The Kier molecular flexibility index (Phi) is 5.88. The number of aromatic amines is 1. The van der Waals surface area contributed by atoms with E-state index in [-0.39, 0.29) is 0 Å². The lowest BCUT2D eigenvalue weighted by atomic mass is 10.1. The van der Waals surface area contributed by atoms with Crippen molar-refractivity contribution in [2.24, 2.45) is 5.92 Å². The molecule has 0 atom stereocenters. The van der Waals surface area contributed by atoms with Crippen molar-refractivity contribution in [3.63, 3.8) is 0 Å². The molecule has 0 spiro atoms. The van der Waals surface area contributed by atoms with Crippen molar-refractivity contribution in [3.05, 3.63) is 64.8 Å². The third-order valence-electron chi connectivity index (χ3n) is 4.73. The van der Waals surface area contributed by atoms with E-state index in [2.05, 4.69) is 39.4 Å². The van der Waals surface area contributed by atoms with Crippen LogP contribution in [-0.2, 0) is 0 Å². The van der Waals surface area contributed by atoms with Crippen LogP contribution in [0.2, 0.25) is 0 Å². The van der Waals surface area contributed by atoms with E-state index in [0.29, 0.717) is 35.4 Å². The normalized spacial score (nSPS) is 11.1. The van der Waals surface area contributed by atoms with Crippen LogP contribution in [-0.4, -0.2) is 21.6 Å². The Morgan fingerprint density at radius 2 is 1.87 bits per heavy atom. The summed E-state index contributed by atoms with van der Waals surface area (Å²) in [7, 11) is 0. The van der Waals surface area contributed by atoms with Gasteiger partial charge in [-0.3, -0.25) is 4.98 Å². The molecule has 0 aliphatic heterocycles. The second-order valence-corrected chi connectivity index (χ2v) is 7.76. The molecule has 0 unspecified atom stereocenters. The highest BCUT2D eigenvalue weighted by molar-refractivity contribution is 5.78. The number of hydrogen-bond acceptors (Lipinski definition) is 7. The van der Waals surface area contributed by atoms with E-state index in [4.69, 9.17) is 9.15 Å². The number of nitrogens with one attached hydrogen (secondary N) is 3. The van der Waals surface area contributed by atoms with Gasteiger partial charge in [0, 0.05) is 23.1 Å². The van der Waals surface area contributed by atoms with Gasteiger partial charge in [-0.25, -0.2) is 9.78 Å². The summed E-state index contributed by atoms with van der Waals surface area (Å²) in [6.45, 7) is 6.99. The van der Waals surface area contributed by atoms with Crippen molar-refractivity contribution >= 4 is 34.2 Å². The van der Waals surface area contributed by atoms with E-state index >= 15 is 0 Å². The number of anilines is 4. The van der Waals surface area contributed by atoms with E-state index in [0.717, 1.165) is 29.1 Å². The van der Waals surface area contributed by atoms with E-state index in [1.54, 1.807) is 18.3 Å². The van der Waals surface area contributed by atoms with Crippen LogP contribution >= 0.6 is 0 Å². The topological polar surface area (TPSA) is 105 Å². The molecule has 4 rings (SSSR count). The predicted octanol–water partition coefficient (Wildman–Crippen LogP) is 5.13. The second-order valence-electron chi connectivity index (χ2n) is 7.76. The van der Waals surface area contributed by atoms with E-state index in [9.17, 15) is 4.79 Å². The summed E-state index contributed by atoms with van der Waals surface area (Å²) in [5.41, 5.74) is 3.66. The zero-order chi connectivity index (χ0) is 21.8. The third-order valence-corrected chi connectivity index (χ3v) is 4.73. The van der Waals surface area contributed by atoms with Gasteiger partial charge in [-0.2, -0.15) is 4.98 Å². The van der Waals surface area contributed by atoms with Crippen LogP contribution in [0.3, 0.4) is 0 Å². The highest BCUT2D eigenvalue weighted by Crippen LogP contribution is 2.24. The van der Waals surface area contributed by atoms with Crippen molar-refractivity contribution in [2.75, 3.05) is 17.2 Å². The maximum absolute atomic E-state index is 11.4. The molecular formula is C23H25N5O3. The zero-order valence-corrected chi connectivity index (χ0v) is 17.7. The van der Waals surface area contributed by atoms with Gasteiger partial charge in [-0.05, 0) is 61.7 Å². The zero-order valence-electron chi connectivity index (χ0n) is 17.7. The van der Waals surface area contributed by atoms with Gasteiger partial charge in [0.15, 0.2) is 5.58 Å². The average Bonchev–Trinajstić information content (AvgIpc) is 3.11. The molecule has 0 saturated carbocycles. The predicted molar refractivity (Wildman–Crippen MR) is 122 cm³/mol. The molecule has 0 bridgehead atoms. The van der Waals surface area contributed by atoms with Crippen molar-refractivity contribution in [1.29, 1.82) is 0 Å². The van der Waals surface area contributed by atoms with Crippen molar-refractivity contribution in [3.8, 4) is 5.75 Å². The number of aryl methyl sites for hydroxylation is 1. The van der Waals surface area contributed by atoms with Gasteiger partial charge in [0.25, 0.3) is 0 Å². The molecule has 4 aromatic rings. The molecule has 2 aromatic carbocycles. The van der Waals surface area contributed by atoms with Gasteiger partial charge in [-0.15, -0.1) is 0 Å². The summed E-state index contributed by atoms with van der Waals surface area (Å²) < 4.78 is 10.8. The molecular weight excluding hydrogens is 394 g/mol. The number of nitrogens with zero attached hydrogens (tertiary/aromatic N) is 2. The lowest BCUT2D eigenvalue weighted by Gasteiger charge is -2.12. The number of hydrogen-bond donors (Lipinski definition) is 3. The lowest BCUT2D eigenvalue weighted by Crippen LogP contribution is -2.03. The summed E-state index contributed by atoms with van der Waals surface area (Å²) in [6.07, 6.45) is 2.77. The molecule has 0 radical (unpaired) electrons. The highest BCUT2D eigenvalue weighted by Gasteiger charge is 2.08. The molecule has 3 N–H and O–H groups in total. The summed E-state index contributed by atoms with van der Waals surface area (Å²) >= 11 is 0. The van der Waals surface area contributed by atoms with Crippen LogP contribution in [0.1, 0.15) is 25.8 Å². The maximum atomic E-state index is 11.4. The van der Waals surface area contributed by atoms with Gasteiger partial charge in [-0.1, -0.05) is 13.8 Å². The summed E-state index contributed by atoms with van der Waals surface area (Å²) in [5.74, 6) is 2.11. The third kappa shape index (κ3) is 5.22. The van der Waals surface area contributed by atoms with Gasteiger partial charge in [0.05, 0.1) is 12.1 Å². The standard InChI is InChI=1S/C23H25N5O3/c1-14(2)10-11-30-18-7-4-16(5-8-18)26-22-24-13-15(3)21(28-22)25-17-6-9-20-19(12-17)27-23(29)31-20/h4-9,12-14H,10-11H2,1-3H3,(H,27,29)(H2,24,25,26,28). The summed E-state index contributed by atoms with van der Waals surface area (Å²) in [4.78, 5) is 22.9. The summed E-state index contributed by atoms with van der Waals surface area (Å²) in [6, 6.07) is 13.1. The smallest absolute Gasteiger partial charge is 0.417 e. The number of fused-ring (bicyclic) bond motifs is 1. The fourth-order valence-corrected chi connectivity index (χ4v) is 2.97. The maximum Gasteiger partial charge on any atom is 0.417 e. The average molecular weight is 419 g/mol. The monoisotopic (exact) mass is 419 g/mol. The molecule has 2 heterocycles. The Morgan fingerprint density at radius 1 is 1.10 bits per heavy atom. The first-order valence-corrected chi connectivity index (χ1v) is 10.2. The molecule has 0 saturated heterocycles. The second kappa shape index (κ2) is 8.91. The van der Waals surface area contributed by atoms with Gasteiger partial charge in [0.1, 0.15) is 11.6 Å². The first kappa shape index (κ1) is 20.5. The Morgan fingerprint density at radius 3 is 2.65 bits per heavy atom. The molecule has 2 aromatic heterocycles. The van der Waals surface area contributed by atoms with E-state index in [1.165, 1.54) is 0 Å². The number of H-pyrrole nitrogens is 1. The first-order valence-electron chi connectivity index (χ1n) is 10.2. The Labute approximate surface area is 179 Å². The fourth-order valence-electron chi connectivity index (χ4n) is 2.97. The Bertz CT molecular complexity index is 1230. The van der Waals surface area contributed by atoms with Crippen LogP contribution in [0.4, 0.5) is 23.1 Å². The van der Waals surface area contributed by atoms with Crippen molar-refractivity contribution < 1.29 is 9.15 Å². The minimum absolute atomic E-state index is 0.472. The number of ether oxygens (including phenoxy) is 1. The fraction of sp³-hybridized carbons (Fsp3) is 0.261. The summed E-state index contributed by atoms with van der Waals surface area (Å²) in [5, 5.41) is 6.48. The van der Waals surface area contributed by atoms with E-state index < -0.39 is 5.76 Å². The minimum atomic E-state index is -0.479. The molecule has 0 aliphatic carbocycles.